The Bertz CT molecular complexity index is 3910. The lowest BCUT2D eigenvalue weighted by Crippen LogP contribution is -2.00. The molecule has 0 fully saturated rings. The van der Waals surface area contributed by atoms with E-state index in [2.05, 4.69) is 180 Å². The molecule has 0 saturated heterocycles. The molecule has 9 aromatic carbocycles. The van der Waals surface area contributed by atoms with E-state index in [0.717, 1.165) is 55.3 Å². The van der Waals surface area contributed by atoms with Gasteiger partial charge in [-0.2, -0.15) is 0 Å². The van der Waals surface area contributed by atoms with Gasteiger partial charge in [-0.3, -0.25) is 0 Å². The van der Waals surface area contributed by atoms with Crippen LogP contribution < -0.4 is 0 Å². The van der Waals surface area contributed by atoms with Crippen molar-refractivity contribution in [3.05, 3.63) is 206 Å². The molecular weight excluding hydrogens is 789 g/mol. The van der Waals surface area contributed by atoms with Crippen molar-refractivity contribution in [3.63, 3.8) is 0 Å². The van der Waals surface area contributed by atoms with Crippen molar-refractivity contribution in [3.8, 4) is 62.1 Å². The smallest absolute Gasteiger partial charge is 0.164 e. The van der Waals surface area contributed by atoms with E-state index in [-0.39, 0.29) is 0 Å². The Balaban J connectivity index is 0.953. The van der Waals surface area contributed by atoms with Crippen LogP contribution >= 0.6 is 11.3 Å². The van der Waals surface area contributed by atoms with Gasteiger partial charge in [-0.1, -0.05) is 158 Å². The summed E-state index contributed by atoms with van der Waals surface area (Å²) in [6.45, 7) is 0. The molecule has 0 unspecified atom stereocenters. The predicted molar refractivity (Wildman–Crippen MR) is 262 cm³/mol. The highest BCUT2D eigenvalue weighted by molar-refractivity contribution is 7.25. The highest BCUT2D eigenvalue weighted by Gasteiger charge is 2.21. The monoisotopic (exact) mass is 822 g/mol. The molecule has 0 bridgehead atoms. The van der Waals surface area contributed by atoms with Crippen LogP contribution in [-0.4, -0.2) is 19.5 Å². The highest BCUT2D eigenvalue weighted by atomic mass is 32.1. The van der Waals surface area contributed by atoms with E-state index in [1.165, 1.54) is 53.2 Å². The topological polar surface area (TPSA) is 56.7 Å². The van der Waals surface area contributed by atoms with Crippen LogP contribution in [0, 0.1) is 0 Å². The number of nitrogens with zero attached hydrogens (tertiary/aromatic N) is 4. The standard InChI is InChI=1S/C57H34N4OS/c1-4-14-35(15-5-1)38-26-29-42-43-30-27-40(34-52(43)63-51(42)33-38)57-59-55(37-18-8-3-9-19-37)58-56(60-57)39-28-31-45-50(32-39)62-49-25-13-24-48(54(45)49)61-46-22-11-10-20-44(46)53-41(21-12-23-47(53)61)36-16-6-2-7-17-36/h1-34H. The number of furan rings is 1. The van der Waals surface area contributed by atoms with Crippen molar-refractivity contribution in [2.75, 3.05) is 0 Å². The maximum atomic E-state index is 6.73. The van der Waals surface area contributed by atoms with E-state index in [1.807, 2.05) is 30.3 Å². The van der Waals surface area contributed by atoms with Crippen molar-refractivity contribution in [2.24, 2.45) is 0 Å². The van der Waals surface area contributed by atoms with Gasteiger partial charge in [0.25, 0.3) is 0 Å². The maximum Gasteiger partial charge on any atom is 0.164 e. The van der Waals surface area contributed by atoms with E-state index >= 15 is 0 Å². The van der Waals surface area contributed by atoms with Crippen LogP contribution in [0.5, 0.6) is 0 Å². The largest absolute Gasteiger partial charge is 0.456 e. The number of hydrogen-bond donors (Lipinski definition) is 0. The number of fused-ring (bicyclic) bond motifs is 9. The van der Waals surface area contributed by atoms with E-state index < -0.39 is 0 Å². The van der Waals surface area contributed by atoms with E-state index in [0.29, 0.717) is 17.5 Å². The molecule has 0 spiro atoms. The van der Waals surface area contributed by atoms with Gasteiger partial charge in [0.05, 0.1) is 22.1 Å². The molecule has 0 N–H and O–H groups in total. The number of thiophene rings is 1. The molecule has 0 saturated carbocycles. The minimum Gasteiger partial charge on any atom is -0.456 e. The molecule has 13 rings (SSSR count). The van der Waals surface area contributed by atoms with Crippen LogP contribution in [0.25, 0.3) is 126 Å². The van der Waals surface area contributed by atoms with Gasteiger partial charge in [-0.15, -0.1) is 11.3 Å². The fraction of sp³-hybridized carbons (Fsp3) is 0. The molecule has 0 atom stereocenters. The molecule has 6 heteroatoms. The lowest BCUT2D eigenvalue weighted by molar-refractivity contribution is 0.669. The second-order valence-corrected chi connectivity index (χ2v) is 17.0. The normalized spacial score (nSPS) is 11.8. The van der Waals surface area contributed by atoms with Crippen LogP contribution in [0.15, 0.2) is 211 Å². The van der Waals surface area contributed by atoms with Crippen molar-refractivity contribution >= 4 is 75.3 Å². The molecule has 294 valence electrons. The van der Waals surface area contributed by atoms with Crippen LogP contribution in [0.4, 0.5) is 0 Å². The summed E-state index contributed by atoms with van der Waals surface area (Å²) < 4.78 is 11.6. The van der Waals surface area contributed by atoms with E-state index in [9.17, 15) is 0 Å². The third-order valence-corrected chi connectivity index (χ3v) is 13.4. The van der Waals surface area contributed by atoms with Gasteiger partial charge in [0, 0.05) is 53.0 Å². The minimum absolute atomic E-state index is 0.584. The summed E-state index contributed by atoms with van der Waals surface area (Å²) in [4.78, 5) is 15.3. The lowest BCUT2D eigenvalue weighted by atomic mass is 9.99. The van der Waals surface area contributed by atoms with Crippen molar-refractivity contribution < 1.29 is 4.42 Å². The average Bonchev–Trinajstić information content (AvgIpc) is 4.03. The maximum absolute atomic E-state index is 6.73. The van der Waals surface area contributed by atoms with E-state index in [1.54, 1.807) is 11.3 Å². The molecule has 63 heavy (non-hydrogen) atoms. The fourth-order valence-corrected chi connectivity index (χ4v) is 10.5. The SMILES string of the molecule is c1ccc(-c2ccc3c(c2)sc2cc(-c4nc(-c5ccccc5)nc(-c5ccc6c(c5)oc5cccc(-n7c8ccccc8c8c(-c9ccccc9)cccc87)c56)n4)ccc23)cc1. The summed E-state index contributed by atoms with van der Waals surface area (Å²) in [5, 5.41) is 7.00. The molecule has 13 aromatic rings. The number of aromatic nitrogens is 4. The van der Waals surface area contributed by atoms with E-state index in [4.69, 9.17) is 19.4 Å². The Kier molecular flexibility index (Phi) is 8.01. The first-order valence-corrected chi connectivity index (χ1v) is 21.9. The van der Waals surface area contributed by atoms with Crippen LogP contribution in [0.1, 0.15) is 0 Å². The molecule has 5 nitrogen and oxygen atoms in total. The third kappa shape index (κ3) is 5.80. The zero-order chi connectivity index (χ0) is 41.4. The second-order valence-electron chi connectivity index (χ2n) is 15.9. The Morgan fingerprint density at radius 3 is 1.63 bits per heavy atom. The van der Waals surface area contributed by atoms with Gasteiger partial charge in [-0.25, -0.2) is 15.0 Å². The molecule has 4 heterocycles. The van der Waals surface area contributed by atoms with Gasteiger partial charge in [0.2, 0.25) is 0 Å². The predicted octanol–water partition coefficient (Wildman–Crippen LogP) is 15.6. The van der Waals surface area contributed by atoms with Gasteiger partial charge < -0.3 is 8.98 Å². The molecule has 4 aromatic heterocycles. The number of rotatable bonds is 6. The first-order chi connectivity index (χ1) is 31.2. The van der Waals surface area contributed by atoms with Crippen LogP contribution in [0.3, 0.4) is 0 Å². The first kappa shape index (κ1) is 35.6. The Labute approximate surface area is 365 Å². The summed E-state index contributed by atoms with van der Waals surface area (Å²) in [5.41, 5.74) is 12.5. The molecule has 0 radical (unpaired) electrons. The summed E-state index contributed by atoms with van der Waals surface area (Å²) >= 11 is 1.80. The van der Waals surface area contributed by atoms with Crippen molar-refractivity contribution in [1.82, 2.24) is 19.5 Å². The highest BCUT2D eigenvalue weighted by Crippen LogP contribution is 2.43. The van der Waals surface area contributed by atoms with Gasteiger partial charge in [0.15, 0.2) is 17.5 Å². The number of hydrogen-bond acceptors (Lipinski definition) is 5. The van der Waals surface area contributed by atoms with Gasteiger partial charge in [-0.05, 0) is 70.8 Å². The molecule has 0 aliphatic heterocycles. The quantitative estimate of drug-likeness (QED) is 0.168. The third-order valence-electron chi connectivity index (χ3n) is 12.3. The number of para-hydroxylation sites is 1. The zero-order valence-electron chi connectivity index (χ0n) is 33.7. The number of benzene rings is 9. The van der Waals surface area contributed by atoms with Crippen molar-refractivity contribution in [2.45, 2.75) is 0 Å². The summed E-state index contributed by atoms with van der Waals surface area (Å²) in [6, 6.07) is 72.6. The zero-order valence-corrected chi connectivity index (χ0v) is 34.6. The van der Waals surface area contributed by atoms with Gasteiger partial charge >= 0.3 is 0 Å². The van der Waals surface area contributed by atoms with Crippen LogP contribution in [0.2, 0.25) is 0 Å². The van der Waals surface area contributed by atoms with Crippen molar-refractivity contribution in [1.29, 1.82) is 0 Å². The Morgan fingerprint density at radius 2 is 0.905 bits per heavy atom. The first-order valence-electron chi connectivity index (χ1n) is 21.1. The minimum atomic E-state index is 0.584. The van der Waals surface area contributed by atoms with Gasteiger partial charge in [0.1, 0.15) is 11.2 Å². The molecule has 0 aliphatic carbocycles. The second kappa shape index (κ2) is 14.2. The molecule has 0 aliphatic rings. The lowest BCUT2D eigenvalue weighted by Gasteiger charge is -2.10. The fourth-order valence-electron chi connectivity index (χ4n) is 9.35. The molecular formula is C57H34N4OS. The van der Waals surface area contributed by atoms with Crippen LogP contribution in [-0.2, 0) is 0 Å². The summed E-state index contributed by atoms with van der Waals surface area (Å²) in [5.74, 6) is 1.82. The summed E-state index contributed by atoms with van der Waals surface area (Å²) in [7, 11) is 0. The Morgan fingerprint density at radius 1 is 0.349 bits per heavy atom. The summed E-state index contributed by atoms with van der Waals surface area (Å²) in [6.07, 6.45) is 0. The average molecular weight is 823 g/mol. The Hall–Kier alpha value is -8.19. The molecule has 0 amide bonds.